The molecule has 0 bridgehead atoms. The van der Waals surface area contributed by atoms with E-state index in [9.17, 15) is 9.59 Å². The normalized spacial score (nSPS) is 13.9. The highest BCUT2D eigenvalue weighted by Gasteiger charge is 2.23. The number of cyclic esters (lactones) is 1. The number of nitrogens with zero attached hydrogens (tertiary/aromatic N) is 3. The number of hydrogen-bond acceptors (Lipinski definition) is 4. The molecule has 0 radical (unpaired) electrons. The van der Waals surface area contributed by atoms with Gasteiger partial charge in [0, 0.05) is 23.0 Å². The number of ketones is 1. The number of aromatic nitrogens is 2. The molecule has 1 saturated heterocycles. The van der Waals surface area contributed by atoms with E-state index >= 15 is 0 Å². The van der Waals surface area contributed by atoms with Crippen LogP contribution in [0.2, 0.25) is 0 Å². The molecule has 0 atom stereocenters. The second-order valence-corrected chi connectivity index (χ2v) is 6.47. The molecular formula is C22H19N3O3. The molecule has 28 heavy (non-hydrogen) atoms. The van der Waals surface area contributed by atoms with Crippen LogP contribution in [0.4, 0.5) is 10.5 Å². The van der Waals surface area contributed by atoms with Gasteiger partial charge in [-0.2, -0.15) is 5.10 Å². The quantitative estimate of drug-likeness (QED) is 0.487. The summed E-state index contributed by atoms with van der Waals surface area (Å²) in [5, 5.41) is 4.33. The first-order valence-electron chi connectivity index (χ1n) is 9.02. The van der Waals surface area contributed by atoms with Gasteiger partial charge in [-0.25, -0.2) is 4.79 Å². The zero-order chi connectivity index (χ0) is 19.3. The lowest BCUT2D eigenvalue weighted by molar-refractivity contribution is 0.104. The molecule has 0 aliphatic carbocycles. The number of carbonyl (C=O) groups is 2. The average Bonchev–Trinajstić information content (AvgIpc) is 3.36. The molecule has 1 fully saturated rings. The van der Waals surface area contributed by atoms with Crippen molar-refractivity contribution in [3.63, 3.8) is 0 Å². The Morgan fingerprint density at radius 3 is 2.79 bits per heavy atom. The van der Waals surface area contributed by atoms with E-state index in [0.29, 0.717) is 30.9 Å². The zero-order valence-electron chi connectivity index (χ0n) is 15.2. The lowest BCUT2D eigenvalue weighted by atomic mass is 10.1. The standard InChI is InChI=1S/C22H19N3O3/c26-21(19-7-4-8-20(13-19)25-11-12-28-22(25)27)10-9-18-14-23-24(16-18)15-17-5-2-1-3-6-17/h1-10,13-14,16H,11-12,15H2/b10-9-. The predicted molar refractivity (Wildman–Crippen MR) is 106 cm³/mol. The van der Waals surface area contributed by atoms with Crippen molar-refractivity contribution in [2.45, 2.75) is 6.54 Å². The van der Waals surface area contributed by atoms with Gasteiger partial charge in [-0.05, 0) is 29.8 Å². The zero-order valence-corrected chi connectivity index (χ0v) is 15.2. The van der Waals surface area contributed by atoms with Crippen LogP contribution in [0, 0.1) is 0 Å². The van der Waals surface area contributed by atoms with Crippen LogP contribution in [0.25, 0.3) is 6.08 Å². The lowest BCUT2D eigenvalue weighted by Gasteiger charge is -2.13. The maximum atomic E-state index is 12.5. The first-order valence-corrected chi connectivity index (χ1v) is 9.02. The van der Waals surface area contributed by atoms with Gasteiger partial charge in [-0.1, -0.05) is 42.5 Å². The van der Waals surface area contributed by atoms with Crippen LogP contribution in [-0.2, 0) is 11.3 Å². The van der Waals surface area contributed by atoms with Crippen molar-refractivity contribution >= 4 is 23.6 Å². The van der Waals surface area contributed by atoms with Crippen LogP contribution in [0.15, 0.2) is 73.1 Å². The van der Waals surface area contributed by atoms with Crippen LogP contribution >= 0.6 is 0 Å². The number of benzene rings is 2. The van der Waals surface area contributed by atoms with Crippen molar-refractivity contribution in [3.05, 3.63) is 89.8 Å². The Hall–Kier alpha value is -3.67. The molecule has 2 heterocycles. The smallest absolute Gasteiger partial charge is 0.414 e. The SMILES string of the molecule is O=C(/C=C\c1cnn(Cc2ccccc2)c1)c1cccc(N2CCOC2=O)c1. The Labute approximate surface area is 162 Å². The van der Waals surface area contributed by atoms with Gasteiger partial charge in [-0.3, -0.25) is 14.4 Å². The minimum atomic E-state index is -0.383. The summed E-state index contributed by atoms with van der Waals surface area (Å²) >= 11 is 0. The molecule has 0 spiro atoms. The molecule has 0 N–H and O–H groups in total. The molecule has 3 aromatic rings. The number of ether oxygens (including phenoxy) is 1. The highest BCUT2D eigenvalue weighted by Crippen LogP contribution is 2.20. The van der Waals surface area contributed by atoms with Gasteiger partial charge in [-0.15, -0.1) is 0 Å². The van der Waals surface area contributed by atoms with Gasteiger partial charge in [0.15, 0.2) is 5.78 Å². The number of hydrogen-bond donors (Lipinski definition) is 0. The van der Waals surface area contributed by atoms with Crippen molar-refractivity contribution in [2.24, 2.45) is 0 Å². The topological polar surface area (TPSA) is 64.4 Å². The molecule has 1 aliphatic rings. The fourth-order valence-electron chi connectivity index (χ4n) is 3.05. The maximum absolute atomic E-state index is 12.5. The molecule has 6 heteroatoms. The predicted octanol–water partition coefficient (Wildman–Crippen LogP) is 3.78. The number of allylic oxidation sites excluding steroid dienone is 1. The van der Waals surface area contributed by atoms with Crippen LogP contribution in [0.5, 0.6) is 0 Å². The Morgan fingerprint density at radius 1 is 1.14 bits per heavy atom. The van der Waals surface area contributed by atoms with Crippen LogP contribution in [-0.4, -0.2) is 34.8 Å². The Kier molecular flexibility index (Phi) is 5.01. The van der Waals surface area contributed by atoms with Crippen molar-refractivity contribution in [1.29, 1.82) is 0 Å². The molecule has 0 unspecified atom stereocenters. The van der Waals surface area contributed by atoms with Gasteiger partial charge < -0.3 is 4.74 Å². The summed E-state index contributed by atoms with van der Waals surface area (Å²) in [7, 11) is 0. The van der Waals surface area contributed by atoms with Crippen molar-refractivity contribution < 1.29 is 14.3 Å². The Balaban J connectivity index is 1.44. The monoisotopic (exact) mass is 373 g/mol. The van der Waals surface area contributed by atoms with E-state index in [4.69, 9.17) is 4.74 Å². The Bertz CT molecular complexity index is 1020. The largest absolute Gasteiger partial charge is 0.447 e. The first kappa shape index (κ1) is 17.7. The second kappa shape index (κ2) is 7.92. The average molecular weight is 373 g/mol. The summed E-state index contributed by atoms with van der Waals surface area (Å²) in [6.45, 7) is 1.54. The fourth-order valence-corrected chi connectivity index (χ4v) is 3.05. The highest BCUT2D eigenvalue weighted by molar-refractivity contribution is 6.07. The van der Waals surface area contributed by atoms with E-state index < -0.39 is 0 Å². The Morgan fingerprint density at radius 2 is 2.00 bits per heavy atom. The molecule has 1 aromatic heterocycles. The summed E-state index contributed by atoms with van der Waals surface area (Å²) in [5.41, 5.74) is 3.19. The van der Waals surface area contributed by atoms with Gasteiger partial charge in [0.1, 0.15) is 6.61 Å². The van der Waals surface area contributed by atoms with E-state index in [1.807, 2.05) is 41.2 Å². The molecule has 6 nitrogen and oxygen atoms in total. The molecule has 2 aromatic carbocycles. The maximum Gasteiger partial charge on any atom is 0.414 e. The van der Waals surface area contributed by atoms with E-state index in [2.05, 4.69) is 5.10 Å². The number of anilines is 1. The van der Waals surface area contributed by atoms with Crippen molar-refractivity contribution in [1.82, 2.24) is 9.78 Å². The van der Waals surface area contributed by atoms with Gasteiger partial charge in [0.25, 0.3) is 0 Å². The van der Waals surface area contributed by atoms with Crippen LogP contribution in [0.1, 0.15) is 21.5 Å². The van der Waals surface area contributed by atoms with Crippen molar-refractivity contribution in [2.75, 3.05) is 18.1 Å². The third-order valence-electron chi connectivity index (χ3n) is 4.47. The first-order chi connectivity index (χ1) is 13.7. The highest BCUT2D eigenvalue weighted by atomic mass is 16.6. The summed E-state index contributed by atoms with van der Waals surface area (Å²) in [6, 6.07) is 17.1. The minimum absolute atomic E-state index is 0.134. The lowest BCUT2D eigenvalue weighted by Crippen LogP contribution is -2.23. The summed E-state index contributed by atoms with van der Waals surface area (Å²) in [6.07, 6.45) is 6.50. The molecular weight excluding hydrogens is 354 g/mol. The summed E-state index contributed by atoms with van der Waals surface area (Å²) < 4.78 is 6.78. The van der Waals surface area contributed by atoms with E-state index in [1.54, 1.807) is 36.5 Å². The summed E-state index contributed by atoms with van der Waals surface area (Å²) in [4.78, 5) is 25.7. The third-order valence-corrected chi connectivity index (χ3v) is 4.47. The van der Waals surface area contributed by atoms with E-state index in [-0.39, 0.29) is 11.9 Å². The molecule has 1 amide bonds. The van der Waals surface area contributed by atoms with Crippen LogP contribution < -0.4 is 4.90 Å². The molecule has 1 aliphatic heterocycles. The number of amides is 1. The van der Waals surface area contributed by atoms with Gasteiger partial charge in [0.2, 0.25) is 0 Å². The second-order valence-electron chi connectivity index (χ2n) is 6.47. The molecule has 140 valence electrons. The number of rotatable bonds is 6. The van der Waals surface area contributed by atoms with Crippen molar-refractivity contribution in [3.8, 4) is 0 Å². The molecule has 0 saturated carbocycles. The van der Waals surface area contributed by atoms with E-state index in [1.165, 1.54) is 11.0 Å². The minimum Gasteiger partial charge on any atom is -0.447 e. The van der Waals surface area contributed by atoms with Crippen LogP contribution in [0.3, 0.4) is 0 Å². The number of carbonyl (C=O) groups excluding carboxylic acids is 2. The third kappa shape index (κ3) is 4.01. The summed E-state index contributed by atoms with van der Waals surface area (Å²) in [5.74, 6) is -0.134. The van der Waals surface area contributed by atoms with Gasteiger partial charge in [0.05, 0.1) is 19.3 Å². The molecule has 4 rings (SSSR count). The van der Waals surface area contributed by atoms with E-state index in [0.717, 1.165) is 11.1 Å². The van der Waals surface area contributed by atoms with Gasteiger partial charge >= 0.3 is 6.09 Å². The fraction of sp³-hybridized carbons (Fsp3) is 0.136.